The maximum absolute atomic E-state index is 12.0. The number of hydrogen-bond acceptors (Lipinski definition) is 4. The molecule has 0 aliphatic heterocycles. The summed E-state index contributed by atoms with van der Waals surface area (Å²) in [6.07, 6.45) is 3.26. The maximum atomic E-state index is 12.0. The van der Waals surface area contributed by atoms with E-state index < -0.39 is 0 Å². The highest BCUT2D eigenvalue weighted by Crippen LogP contribution is 2.32. The third-order valence-electron chi connectivity index (χ3n) is 3.43. The highest BCUT2D eigenvalue weighted by Gasteiger charge is 2.23. The van der Waals surface area contributed by atoms with E-state index in [4.69, 9.17) is 5.73 Å². The van der Waals surface area contributed by atoms with Crippen LogP contribution in [0.25, 0.3) is 11.0 Å². The van der Waals surface area contributed by atoms with Gasteiger partial charge in [-0.3, -0.25) is 9.36 Å². The number of nitrogen functional groups attached to an aromatic ring is 1. The van der Waals surface area contributed by atoms with E-state index in [1.165, 1.54) is 6.42 Å². The normalized spacial score (nSPS) is 16.1. The summed E-state index contributed by atoms with van der Waals surface area (Å²) in [5.74, 6) is 0.230. The zero-order chi connectivity index (χ0) is 12.0. The number of rotatable bonds is 1. The summed E-state index contributed by atoms with van der Waals surface area (Å²) in [5, 5.41) is 0.908. The van der Waals surface area contributed by atoms with Crippen LogP contribution in [-0.4, -0.2) is 14.5 Å². The lowest BCUT2D eigenvalue weighted by atomic mass is 9.92. The lowest BCUT2D eigenvalue weighted by Crippen LogP contribution is -2.29. The molecule has 1 aliphatic rings. The molecule has 2 N–H and O–H groups in total. The molecule has 0 saturated heterocycles. The molecule has 88 valence electrons. The van der Waals surface area contributed by atoms with E-state index in [0.717, 1.165) is 23.9 Å². The van der Waals surface area contributed by atoms with E-state index in [2.05, 4.69) is 9.97 Å². The first-order valence-electron chi connectivity index (χ1n) is 5.82. The summed E-state index contributed by atoms with van der Waals surface area (Å²) in [6, 6.07) is 3.65. The van der Waals surface area contributed by atoms with Crippen molar-refractivity contribution < 1.29 is 0 Å². The molecule has 0 amide bonds. The maximum Gasteiger partial charge on any atom is 0.252 e. The minimum absolute atomic E-state index is 0.000278. The average molecular weight is 230 g/mol. The quantitative estimate of drug-likeness (QED) is 0.803. The van der Waals surface area contributed by atoms with Gasteiger partial charge in [-0.05, 0) is 32.3 Å². The standard InChI is InChI=1S/C12H14N4O/c1-7-9-5-6-10(17)16(8-3-2-4-8)11(9)15-12(13)14-7/h5-6,8H,2-4H2,1H3,(H2,13,14,15). The Kier molecular flexibility index (Phi) is 2.14. The smallest absolute Gasteiger partial charge is 0.252 e. The van der Waals surface area contributed by atoms with Crippen LogP contribution in [0.3, 0.4) is 0 Å². The average Bonchev–Trinajstić information content (AvgIpc) is 2.19. The van der Waals surface area contributed by atoms with E-state index in [0.29, 0.717) is 5.65 Å². The summed E-state index contributed by atoms with van der Waals surface area (Å²) >= 11 is 0. The van der Waals surface area contributed by atoms with Gasteiger partial charge in [0.25, 0.3) is 5.56 Å². The van der Waals surface area contributed by atoms with Gasteiger partial charge in [-0.2, -0.15) is 4.98 Å². The summed E-state index contributed by atoms with van der Waals surface area (Å²) in [4.78, 5) is 20.3. The zero-order valence-corrected chi connectivity index (χ0v) is 9.68. The summed E-state index contributed by atoms with van der Waals surface area (Å²) < 4.78 is 1.77. The van der Waals surface area contributed by atoms with Gasteiger partial charge in [-0.1, -0.05) is 0 Å². The van der Waals surface area contributed by atoms with Crippen LogP contribution in [0.5, 0.6) is 0 Å². The van der Waals surface area contributed by atoms with Crippen molar-refractivity contribution in [3.8, 4) is 0 Å². The molecule has 2 aromatic rings. The van der Waals surface area contributed by atoms with Crippen molar-refractivity contribution in [1.29, 1.82) is 0 Å². The fraction of sp³-hybridized carbons (Fsp3) is 0.417. The lowest BCUT2D eigenvalue weighted by Gasteiger charge is -2.28. The molecule has 5 nitrogen and oxygen atoms in total. The third-order valence-corrected chi connectivity index (χ3v) is 3.43. The zero-order valence-electron chi connectivity index (χ0n) is 9.68. The van der Waals surface area contributed by atoms with Crippen LogP contribution in [0.4, 0.5) is 5.95 Å². The van der Waals surface area contributed by atoms with Gasteiger partial charge >= 0.3 is 0 Å². The molecule has 0 aromatic carbocycles. The number of aryl methyl sites for hydroxylation is 1. The Labute approximate surface area is 98.3 Å². The molecule has 1 fully saturated rings. The Bertz CT molecular complexity index is 643. The van der Waals surface area contributed by atoms with Gasteiger partial charge < -0.3 is 5.73 Å². The molecule has 0 spiro atoms. The van der Waals surface area contributed by atoms with Crippen molar-refractivity contribution in [2.75, 3.05) is 5.73 Å². The molecule has 3 rings (SSSR count). The second kappa shape index (κ2) is 3.55. The van der Waals surface area contributed by atoms with Gasteiger partial charge in [0.15, 0.2) is 0 Å². The highest BCUT2D eigenvalue weighted by atomic mass is 16.1. The molecular weight excluding hydrogens is 216 g/mol. The minimum Gasteiger partial charge on any atom is -0.368 e. The van der Waals surface area contributed by atoms with Crippen molar-refractivity contribution in [1.82, 2.24) is 14.5 Å². The molecule has 1 saturated carbocycles. The first-order valence-corrected chi connectivity index (χ1v) is 5.82. The number of aromatic nitrogens is 3. The molecule has 2 aromatic heterocycles. The van der Waals surface area contributed by atoms with E-state index in [1.807, 2.05) is 6.92 Å². The Morgan fingerprint density at radius 2 is 2.12 bits per heavy atom. The lowest BCUT2D eigenvalue weighted by molar-refractivity contribution is 0.313. The van der Waals surface area contributed by atoms with Crippen molar-refractivity contribution >= 4 is 17.0 Å². The SMILES string of the molecule is Cc1nc(N)nc2c1ccc(=O)n2C1CCC1. The van der Waals surface area contributed by atoms with Crippen LogP contribution >= 0.6 is 0 Å². The van der Waals surface area contributed by atoms with E-state index in [-0.39, 0.29) is 17.5 Å². The van der Waals surface area contributed by atoms with E-state index >= 15 is 0 Å². The van der Waals surface area contributed by atoms with Crippen LogP contribution in [-0.2, 0) is 0 Å². The molecule has 0 bridgehead atoms. The Balaban J connectivity index is 2.38. The van der Waals surface area contributed by atoms with Gasteiger partial charge in [-0.25, -0.2) is 4.98 Å². The van der Waals surface area contributed by atoms with Crippen molar-refractivity contribution in [3.05, 3.63) is 28.2 Å². The fourth-order valence-corrected chi connectivity index (χ4v) is 2.30. The van der Waals surface area contributed by atoms with Gasteiger partial charge in [0.05, 0.1) is 5.69 Å². The number of pyridine rings is 1. The number of nitrogens with two attached hydrogens (primary N) is 1. The fourth-order valence-electron chi connectivity index (χ4n) is 2.30. The van der Waals surface area contributed by atoms with Crippen molar-refractivity contribution in [3.63, 3.8) is 0 Å². The molecule has 5 heteroatoms. The van der Waals surface area contributed by atoms with Crippen LogP contribution in [0.2, 0.25) is 0 Å². The number of anilines is 1. The second-order valence-electron chi connectivity index (χ2n) is 4.53. The highest BCUT2D eigenvalue weighted by molar-refractivity contribution is 5.78. The monoisotopic (exact) mass is 230 g/mol. The molecule has 17 heavy (non-hydrogen) atoms. The number of hydrogen-bond donors (Lipinski definition) is 1. The van der Waals surface area contributed by atoms with Gasteiger partial charge in [0.1, 0.15) is 5.65 Å². The Hall–Kier alpha value is -1.91. The molecule has 0 unspecified atom stereocenters. The van der Waals surface area contributed by atoms with Crippen molar-refractivity contribution in [2.24, 2.45) is 0 Å². The summed E-state index contributed by atoms with van der Waals surface area (Å²) in [5.41, 5.74) is 7.16. The predicted octanol–water partition coefficient (Wildman–Crippen LogP) is 1.41. The largest absolute Gasteiger partial charge is 0.368 e. The number of nitrogens with zero attached hydrogens (tertiary/aromatic N) is 3. The Morgan fingerprint density at radius 3 is 2.76 bits per heavy atom. The molecule has 1 aliphatic carbocycles. The van der Waals surface area contributed by atoms with Crippen molar-refractivity contribution in [2.45, 2.75) is 32.2 Å². The van der Waals surface area contributed by atoms with Crippen LogP contribution in [0.1, 0.15) is 31.0 Å². The molecule has 0 atom stereocenters. The van der Waals surface area contributed by atoms with Crippen LogP contribution in [0, 0.1) is 6.92 Å². The number of fused-ring (bicyclic) bond motifs is 1. The molecule has 2 heterocycles. The minimum atomic E-state index is -0.000278. The van der Waals surface area contributed by atoms with Crippen LogP contribution in [0.15, 0.2) is 16.9 Å². The van der Waals surface area contributed by atoms with Gasteiger partial charge in [0.2, 0.25) is 5.95 Å². The molecular formula is C12H14N4O. The summed E-state index contributed by atoms with van der Waals surface area (Å²) in [6.45, 7) is 1.88. The van der Waals surface area contributed by atoms with E-state index in [9.17, 15) is 4.79 Å². The second-order valence-corrected chi connectivity index (χ2v) is 4.53. The Morgan fingerprint density at radius 1 is 1.35 bits per heavy atom. The molecule has 0 radical (unpaired) electrons. The topological polar surface area (TPSA) is 73.8 Å². The van der Waals surface area contributed by atoms with Gasteiger partial charge in [0, 0.05) is 17.5 Å². The van der Waals surface area contributed by atoms with E-state index in [1.54, 1.807) is 16.7 Å². The van der Waals surface area contributed by atoms with Crippen LogP contribution < -0.4 is 11.3 Å². The summed E-state index contributed by atoms with van der Waals surface area (Å²) in [7, 11) is 0. The third kappa shape index (κ3) is 1.50. The predicted molar refractivity (Wildman–Crippen MR) is 65.8 cm³/mol. The first-order chi connectivity index (χ1) is 8.16. The van der Waals surface area contributed by atoms with Gasteiger partial charge in [-0.15, -0.1) is 0 Å². The first kappa shape index (κ1) is 10.3.